The molecule has 0 bridgehead atoms. The number of hydrogen-bond donors (Lipinski definition) is 1. The van der Waals surface area contributed by atoms with Crippen molar-refractivity contribution in [2.45, 2.75) is 12.7 Å². The summed E-state index contributed by atoms with van der Waals surface area (Å²) >= 11 is 0. The van der Waals surface area contributed by atoms with Gasteiger partial charge in [0, 0.05) is 33.7 Å². The molecule has 0 saturated heterocycles. The van der Waals surface area contributed by atoms with Gasteiger partial charge in [-0.2, -0.15) is 13.2 Å². The van der Waals surface area contributed by atoms with Crippen LogP contribution in [0.1, 0.15) is 5.56 Å². The van der Waals surface area contributed by atoms with Crippen molar-refractivity contribution in [1.82, 2.24) is 15.1 Å². The van der Waals surface area contributed by atoms with Gasteiger partial charge in [-0.3, -0.25) is 9.89 Å². The maximum Gasteiger partial charge on any atom is 0.401 e. The molecule has 0 aliphatic carbocycles. The molecule has 9 heteroatoms. The van der Waals surface area contributed by atoms with Gasteiger partial charge in [-0.25, -0.2) is 0 Å². The summed E-state index contributed by atoms with van der Waals surface area (Å²) in [6.07, 6.45) is -4.19. The van der Waals surface area contributed by atoms with Gasteiger partial charge in [0.25, 0.3) is 0 Å². The molecule has 26 heavy (non-hydrogen) atoms. The highest BCUT2D eigenvalue weighted by Crippen LogP contribution is 2.31. The van der Waals surface area contributed by atoms with Crippen LogP contribution in [-0.4, -0.2) is 75.9 Å². The predicted molar refractivity (Wildman–Crippen MR) is 93.8 cm³/mol. The lowest BCUT2D eigenvalue weighted by Gasteiger charge is -2.25. The summed E-state index contributed by atoms with van der Waals surface area (Å²) in [5, 5.41) is 3.08. The average molecular weight is 374 g/mol. The van der Waals surface area contributed by atoms with E-state index < -0.39 is 12.7 Å². The van der Waals surface area contributed by atoms with Gasteiger partial charge in [0.05, 0.1) is 6.54 Å². The van der Waals surface area contributed by atoms with Crippen molar-refractivity contribution in [3.8, 4) is 11.5 Å². The number of guanidine groups is 1. The van der Waals surface area contributed by atoms with Crippen LogP contribution in [-0.2, 0) is 6.54 Å². The van der Waals surface area contributed by atoms with Gasteiger partial charge in [-0.1, -0.05) is 6.07 Å². The summed E-state index contributed by atoms with van der Waals surface area (Å²) in [4.78, 5) is 7.30. The minimum atomic E-state index is -4.19. The van der Waals surface area contributed by atoms with Crippen molar-refractivity contribution in [2.24, 2.45) is 4.99 Å². The Kier molecular flexibility index (Phi) is 6.96. The molecule has 0 spiro atoms. The van der Waals surface area contributed by atoms with E-state index in [0.29, 0.717) is 32.3 Å². The maximum absolute atomic E-state index is 12.3. The van der Waals surface area contributed by atoms with Crippen molar-refractivity contribution in [2.75, 3.05) is 54.0 Å². The molecule has 6 nitrogen and oxygen atoms in total. The van der Waals surface area contributed by atoms with E-state index in [9.17, 15) is 13.2 Å². The van der Waals surface area contributed by atoms with Crippen LogP contribution >= 0.6 is 0 Å². The number of benzene rings is 1. The molecule has 1 aromatic rings. The summed E-state index contributed by atoms with van der Waals surface area (Å²) in [7, 11) is 4.95. The second-order valence-corrected chi connectivity index (χ2v) is 6.16. The van der Waals surface area contributed by atoms with Gasteiger partial charge >= 0.3 is 6.18 Å². The number of aliphatic imine (C=N–C) groups is 1. The van der Waals surface area contributed by atoms with Crippen molar-refractivity contribution >= 4 is 5.96 Å². The highest BCUT2D eigenvalue weighted by molar-refractivity contribution is 5.79. The number of likely N-dealkylation sites (N-methyl/N-ethyl adjacent to an activating group) is 1. The Balaban J connectivity index is 1.84. The van der Waals surface area contributed by atoms with Crippen molar-refractivity contribution in [1.29, 1.82) is 0 Å². The Labute approximate surface area is 151 Å². The van der Waals surface area contributed by atoms with Gasteiger partial charge in [0.15, 0.2) is 17.5 Å². The number of nitrogens with zero attached hydrogens (tertiary/aromatic N) is 3. The minimum Gasteiger partial charge on any atom is -0.486 e. The molecule has 0 saturated carbocycles. The van der Waals surface area contributed by atoms with Gasteiger partial charge in [-0.05, 0) is 24.7 Å². The second-order valence-electron chi connectivity index (χ2n) is 6.16. The van der Waals surface area contributed by atoms with E-state index in [4.69, 9.17) is 9.47 Å². The molecule has 1 aromatic carbocycles. The zero-order valence-corrected chi connectivity index (χ0v) is 15.3. The van der Waals surface area contributed by atoms with Crippen molar-refractivity contribution in [3.05, 3.63) is 23.8 Å². The SMILES string of the molecule is CN=C(NCCN(C)CC(F)(F)F)N(C)Cc1ccc2c(c1)OCCO2. The minimum absolute atomic E-state index is 0.260. The van der Waals surface area contributed by atoms with E-state index in [-0.39, 0.29) is 6.54 Å². The zero-order valence-electron chi connectivity index (χ0n) is 15.3. The molecule has 1 heterocycles. The summed E-state index contributed by atoms with van der Waals surface area (Å²) in [6, 6.07) is 5.75. The molecule has 0 aromatic heterocycles. The summed E-state index contributed by atoms with van der Waals surface area (Å²) in [5.41, 5.74) is 1.02. The Hall–Kier alpha value is -2.16. The van der Waals surface area contributed by atoms with E-state index in [1.807, 2.05) is 30.1 Å². The first-order valence-corrected chi connectivity index (χ1v) is 8.34. The third-order valence-corrected chi connectivity index (χ3v) is 3.83. The molecule has 146 valence electrons. The van der Waals surface area contributed by atoms with Crippen LogP contribution in [0, 0.1) is 0 Å². The Bertz CT molecular complexity index is 623. The van der Waals surface area contributed by atoms with Gasteiger partial charge in [-0.15, -0.1) is 0 Å². The van der Waals surface area contributed by atoms with Crippen LogP contribution in [0.15, 0.2) is 23.2 Å². The zero-order chi connectivity index (χ0) is 19.2. The number of fused-ring (bicyclic) bond motifs is 1. The van der Waals surface area contributed by atoms with Gasteiger partial charge < -0.3 is 19.7 Å². The van der Waals surface area contributed by atoms with Crippen LogP contribution in [0.2, 0.25) is 0 Å². The molecular weight excluding hydrogens is 349 g/mol. The first kappa shape index (κ1) is 20.2. The Morgan fingerprint density at radius 2 is 1.88 bits per heavy atom. The molecule has 0 amide bonds. The molecule has 1 aliphatic heterocycles. The molecule has 0 fully saturated rings. The smallest absolute Gasteiger partial charge is 0.401 e. The molecule has 0 unspecified atom stereocenters. The topological polar surface area (TPSA) is 49.3 Å². The number of hydrogen-bond acceptors (Lipinski definition) is 4. The third kappa shape index (κ3) is 6.29. The first-order chi connectivity index (χ1) is 12.3. The van der Waals surface area contributed by atoms with E-state index >= 15 is 0 Å². The lowest BCUT2D eigenvalue weighted by molar-refractivity contribution is -0.142. The lowest BCUT2D eigenvalue weighted by Crippen LogP contribution is -2.43. The number of ether oxygens (including phenoxy) is 2. The van der Waals surface area contributed by atoms with Gasteiger partial charge in [0.1, 0.15) is 13.2 Å². The highest BCUT2D eigenvalue weighted by atomic mass is 19.4. The van der Waals surface area contributed by atoms with Crippen LogP contribution in [0.25, 0.3) is 0 Å². The number of alkyl halides is 3. The standard InChI is InChI=1S/C17H25F3N4O2/c1-21-16(22-6-7-23(2)12-17(18,19)20)24(3)11-13-4-5-14-15(10-13)26-9-8-25-14/h4-5,10H,6-9,11-12H2,1-3H3,(H,21,22). The number of rotatable bonds is 6. The fraction of sp³-hybridized carbons (Fsp3) is 0.588. The van der Waals surface area contributed by atoms with E-state index in [2.05, 4.69) is 10.3 Å². The average Bonchev–Trinajstić information content (AvgIpc) is 2.57. The lowest BCUT2D eigenvalue weighted by atomic mass is 10.2. The first-order valence-electron chi connectivity index (χ1n) is 8.34. The van der Waals surface area contributed by atoms with E-state index in [0.717, 1.165) is 17.1 Å². The van der Waals surface area contributed by atoms with E-state index in [1.54, 1.807) is 7.05 Å². The Morgan fingerprint density at radius 3 is 2.54 bits per heavy atom. The monoisotopic (exact) mass is 374 g/mol. The quantitative estimate of drug-likeness (QED) is 0.609. The number of halogens is 3. The normalized spacial score (nSPS) is 14.5. The van der Waals surface area contributed by atoms with Crippen molar-refractivity contribution in [3.63, 3.8) is 0 Å². The second kappa shape index (κ2) is 8.98. The Morgan fingerprint density at radius 1 is 1.19 bits per heavy atom. The summed E-state index contributed by atoms with van der Waals surface area (Å²) in [6.45, 7) is 1.35. The fourth-order valence-electron chi connectivity index (χ4n) is 2.66. The molecule has 1 N–H and O–H groups in total. The van der Waals surface area contributed by atoms with Gasteiger partial charge in [0.2, 0.25) is 0 Å². The van der Waals surface area contributed by atoms with Crippen LogP contribution in [0.3, 0.4) is 0 Å². The summed E-state index contributed by atoms with van der Waals surface area (Å²) < 4.78 is 48.1. The fourth-order valence-corrected chi connectivity index (χ4v) is 2.66. The molecule has 0 radical (unpaired) electrons. The summed E-state index contributed by atoms with van der Waals surface area (Å²) in [5.74, 6) is 2.07. The molecule has 1 aliphatic rings. The maximum atomic E-state index is 12.3. The third-order valence-electron chi connectivity index (χ3n) is 3.83. The largest absolute Gasteiger partial charge is 0.486 e. The van der Waals surface area contributed by atoms with Crippen LogP contribution in [0.5, 0.6) is 11.5 Å². The van der Waals surface area contributed by atoms with Crippen LogP contribution in [0.4, 0.5) is 13.2 Å². The molecule has 2 rings (SSSR count). The predicted octanol–water partition coefficient (Wildman–Crippen LogP) is 1.96. The molecular formula is C17H25F3N4O2. The highest BCUT2D eigenvalue weighted by Gasteiger charge is 2.28. The molecule has 0 atom stereocenters. The van der Waals surface area contributed by atoms with E-state index in [1.165, 1.54) is 11.9 Å². The van der Waals surface area contributed by atoms with Crippen molar-refractivity contribution < 1.29 is 22.6 Å². The number of nitrogens with one attached hydrogen (secondary N) is 1. The van der Waals surface area contributed by atoms with Crippen LogP contribution < -0.4 is 14.8 Å².